The molecule has 198 valence electrons. The highest BCUT2D eigenvalue weighted by Crippen LogP contribution is 2.42. The summed E-state index contributed by atoms with van der Waals surface area (Å²) in [6.45, 7) is 3.64. The Hall–Kier alpha value is -2.43. The average molecular weight is 529 g/mol. The molecule has 3 aliphatic rings. The number of aromatic nitrogens is 2. The molecule has 3 fully saturated rings. The second-order valence-corrected chi connectivity index (χ2v) is 9.89. The van der Waals surface area contributed by atoms with E-state index < -0.39 is 52.0 Å². The van der Waals surface area contributed by atoms with Gasteiger partial charge >= 0.3 is 16.1 Å². The number of rotatable bonds is 6. The zero-order valence-electron chi connectivity index (χ0n) is 19.7. The van der Waals surface area contributed by atoms with Crippen LogP contribution >= 0.6 is 0 Å². The topological polar surface area (TPSA) is 154 Å². The number of ether oxygens (including phenoxy) is 4. The summed E-state index contributed by atoms with van der Waals surface area (Å²) in [5, 5.41) is 9.62. The predicted octanol–water partition coefficient (Wildman–Crippen LogP) is -0.128. The van der Waals surface area contributed by atoms with Crippen LogP contribution in [0.5, 0.6) is 0 Å². The lowest BCUT2D eigenvalue weighted by Gasteiger charge is -2.24. The van der Waals surface area contributed by atoms with Crippen LogP contribution < -0.4 is 11.2 Å². The van der Waals surface area contributed by atoms with E-state index in [4.69, 9.17) is 18.9 Å². The van der Waals surface area contributed by atoms with Gasteiger partial charge in [0.05, 0.1) is 26.4 Å². The molecule has 0 bridgehead atoms. The molecular formula is C22H28N2O11S. The standard InChI is InChI=1S/C20H24N2O7.C2H4O4S/c1-20(2)28-16-14(10-23)27-18(17(16)29-20)21-9-8-15(24)22(19(21)25)12-26-11-13-6-4-3-5-7-13;3-7(4)5-1-2-6-7/h3-9,14,16-18,23H,10-12H2,1-2H3;1-2H2/t14-,16+,17?,18-;/m1./s1. The van der Waals surface area contributed by atoms with Gasteiger partial charge in [-0.2, -0.15) is 8.42 Å². The molecule has 3 saturated heterocycles. The minimum absolute atomic E-state index is 0.155. The second kappa shape index (κ2) is 10.9. The fourth-order valence-corrected chi connectivity index (χ4v) is 4.62. The molecule has 0 radical (unpaired) electrons. The van der Waals surface area contributed by atoms with Gasteiger partial charge in [-0.15, -0.1) is 0 Å². The Bertz CT molecular complexity index is 1250. The van der Waals surface area contributed by atoms with Crippen LogP contribution in [0.25, 0.3) is 0 Å². The number of nitrogens with zero attached hydrogens (tertiary/aromatic N) is 2. The summed E-state index contributed by atoms with van der Waals surface area (Å²) in [5.41, 5.74) is -0.124. The van der Waals surface area contributed by atoms with Gasteiger partial charge in [-0.25, -0.2) is 17.7 Å². The van der Waals surface area contributed by atoms with Crippen molar-refractivity contribution in [3.63, 3.8) is 0 Å². The zero-order valence-corrected chi connectivity index (χ0v) is 20.5. The van der Waals surface area contributed by atoms with Crippen molar-refractivity contribution in [2.45, 2.75) is 57.5 Å². The van der Waals surface area contributed by atoms with Crippen LogP contribution in [0.2, 0.25) is 0 Å². The summed E-state index contributed by atoms with van der Waals surface area (Å²) < 4.78 is 53.5. The van der Waals surface area contributed by atoms with E-state index in [2.05, 4.69) is 8.37 Å². The lowest BCUT2D eigenvalue weighted by molar-refractivity contribution is -0.200. The van der Waals surface area contributed by atoms with E-state index in [0.717, 1.165) is 10.1 Å². The first kappa shape index (κ1) is 26.6. The Balaban J connectivity index is 0.000000375. The van der Waals surface area contributed by atoms with Crippen LogP contribution in [0, 0.1) is 0 Å². The molecule has 1 aromatic heterocycles. The third kappa shape index (κ3) is 6.10. The number of benzene rings is 1. The number of aliphatic hydroxyl groups excluding tert-OH is 1. The molecule has 4 heterocycles. The Morgan fingerprint density at radius 2 is 1.72 bits per heavy atom. The highest BCUT2D eigenvalue weighted by atomic mass is 32.3. The van der Waals surface area contributed by atoms with Gasteiger partial charge in [-0.3, -0.25) is 9.36 Å². The minimum Gasteiger partial charge on any atom is -0.394 e. The maximum atomic E-state index is 13.0. The lowest BCUT2D eigenvalue weighted by Crippen LogP contribution is -2.43. The van der Waals surface area contributed by atoms with E-state index >= 15 is 0 Å². The largest absolute Gasteiger partial charge is 0.400 e. The molecule has 0 spiro atoms. The van der Waals surface area contributed by atoms with Crippen molar-refractivity contribution in [3.8, 4) is 0 Å². The van der Waals surface area contributed by atoms with E-state index in [1.165, 1.54) is 16.8 Å². The SMILES string of the molecule is CC1(C)OC2[C@@H](O1)[C@@H](CO)O[C@H]2n1ccc(=O)n(COCc2ccccc2)c1=O.O=S1(=O)OCCO1. The van der Waals surface area contributed by atoms with E-state index in [9.17, 15) is 23.1 Å². The Labute approximate surface area is 207 Å². The van der Waals surface area contributed by atoms with Gasteiger partial charge in [0.1, 0.15) is 25.0 Å². The fraction of sp³-hybridized carbons (Fsp3) is 0.545. The second-order valence-electron chi connectivity index (χ2n) is 8.60. The molecule has 2 aromatic rings. The smallest absolute Gasteiger partial charge is 0.394 e. The monoisotopic (exact) mass is 528 g/mol. The first-order chi connectivity index (χ1) is 17.1. The van der Waals surface area contributed by atoms with Crippen molar-refractivity contribution in [1.82, 2.24) is 9.13 Å². The molecular weight excluding hydrogens is 500 g/mol. The van der Waals surface area contributed by atoms with Gasteiger partial charge < -0.3 is 24.1 Å². The minimum atomic E-state index is -3.55. The highest BCUT2D eigenvalue weighted by Gasteiger charge is 2.55. The summed E-state index contributed by atoms with van der Waals surface area (Å²) >= 11 is 0. The maximum Gasteiger partial charge on any atom is 0.400 e. The van der Waals surface area contributed by atoms with E-state index in [1.807, 2.05) is 30.3 Å². The van der Waals surface area contributed by atoms with Gasteiger partial charge in [0, 0.05) is 12.3 Å². The van der Waals surface area contributed by atoms with E-state index in [0.29, 0.717) is 0 Å². The van der Waals surface area contributed by atoms with Gasteiger partial charge in [-0.1, -0.05) is 30.3 Å². The normalized spacial score (nSPS) is 27.9. The highest BCUT2D eigenvalue weighted by molar-refractivity contribution is 7.82. The van der Waals surface area contributed by atoms with Crippen molar-refractivity contribution >= 4 is 10.4 Å². The summed E-state index contributed by atoms with van der Waals surface area (Å²) in [6.07, 6.45) is -1.19. The summed E-state index contributed by atoms with van der Waals surface area (Å²) in [4.78, 5) is 25.2. The molecule has 0 amide bonds. The van der Waals surface area contributed by atoms with Crippen molar-refractivity contribution in [2.24, 2.45) is 0 Å². The van der Waals surface area contributed by atoms with Crippen LogP contribution in [-0.2, 0) is 51.1 Å². The molecule has 1 aromatic carbocycles. The van der Waals surface area contributed by atoms with Gasteiger partial charge in [0.15, 0.2) is 12.0 Å². The molecule has 1 N–H and O–H groups in total. The Kier molecular flexibility index (Phi) is 8.06. The number of hydrogen-bond acceptors (Lipinski definition) is 11. The van der Waals surface area contributed by atoms with Crippen LogP contribution in [0.15, 0.2) is 52.2 Å². The Morgan fingerprint density at radius 1 is 1.06 bits per heavy atom. The molecule has 13 nitrogen and oxygen atoms in total. The molecule has 3 aliphatic heterocycles. The molecule has 5 rings (SSSR count). The van der Waals surface area contributed by atoms with E-state index in [1.54, 1.807) is 13.8 Å². The molecule has 36 heavy (non-hydrogen) atoms. The number of aliphatic hydroxyl groups is 1. The van der Waals surface area contributed by atoms with Crippen LogP contribution in [0.3, 0.4) is 0 Å². The summed E-state index contributed by atoms with van der Waals surface area (Å²) in [6, 6.07) is 10.7. The average Bonchev–Trinajstić information content (AvgIpc) is 3.49. The molecule has 1 unspecified atom stereocenters. The first-order valence-electron chi connectivity index (χ1n) is 11.2. The Morgan fingerprint density at radius 3 is 2.33 bits per heavy atom. The van der Waals surface area contributed by atoms with Gasteiger partial charge in [0.25, 0.3) is 5.56 Å². The van der Waals surface area contributed by atoms with Crippen molar-refractivity contribution in [3.05, 3.63) is 69.0 Å². The molecule has 4 atom stereocenters. The summed E-state index contributed by atoms with van der Waals surface area (Å²) in [5.74, 6) is -0.859. The summed E-state index contributed by atoms with van der Waals surface area (Å²) in [7, 11) is -3.55. The maximum absolute atomic E-state index is 13.0. The third-order valence-electron chi connectivity index (χ3n) is 5.55. The predicted molar refractivity (Wildman–Crippen MR) is 122 cm³/mol. The van der Waals surface area contributed by atoms with Gasteiger partial charge in [0.2, 0.25) is 0 Å². The molecule has 14 heteroatoms. The van der Waals surface area contributed by atoms with Crippen molar-refractivity contribution in [2.75, 3.05) is 19.8 Å². The van der Waals surface area contributed by atoms with Crippen molar-refractivity contribution < 1.29 is 40.8 Å². The first-order valence-corrected chi connectivity index (χ1v) is 12.5. The van der Waals surface area contributed by atoms with Crippen LogP contribution in [0.4, 0.5) is 0 Å². The van der Waals surface area contributed by atoms with Gasteiger partial charge in [-0.05, 0) is 19.4 Å². The lowest BCUT2D eigenvalue weighted by atomic mass is 10.1. The van der Waals surface area contributed by atoms with Crippen molar-refractivity contribution in [1.29, 1.82) is 0 Å². The van der Waals surface area contributed by atoms with Crippen LogP contribution in [-0.4, -0.2) is 66.6 Å². The zero-order chi connectivity index (χ0) is 25.9. The molecule has 0 aliphatic carbocycles. The fourth-order valence-electron chi connectivity index (χ4n) is 4.01. The third-order valence-corrected chi connectivity index (χ3v) is 6.46. The molecule has 0 saturated carbocycles. The number of hydrogen-bond donors (Lipinski definition) is 1. The van der Waals surface area contributed by atoms with E-state index in [-0.39, 0.29) is 33.2 Å². The quantitative estimate of drug-likeness (QED) is 0.533. The number of fused-ring (bicyclic) bond motifs is 1. The van der Waals surface area contributed by atoms with Crippen LogP contribution in [0.1, 0.15) is 25.6 Å².